The molecule has 1 aromatic rings. The third-order valence-electron chi connectivity index (χ3n) is 4.34. The van der Waals surface area contributed by atoms with Gasteiger partial charge in [0.15, 0.2) is 5.96 Å². The zero-order valence-corrected chi connectivity index (χ0v) is 18.1. The van der Waals surface area contributed by atoms with Gasteiger partial charge in [-0.1, -0.05) is 6.07 Å². The summed E-state index contributed by atoms with van der Waals surface area (Å²) in [5, 5.41) is 6.02. The number of halogens is 3. The molecule has 0 aromatic heterocycles. The van der Waals surface area contributed by atoms with Crippen molar-refractivity contribution in [3.63, 3.8) is 0 Å². The molecular formula is C21H32F3N3O3. The number of rotatable bonds is 8. The van der Waals surface area contributed by atoms with Gasteiger partial charge in [-0.05, 0) is 51.3 Å². The Balaban J connectivity index is 1.87. The molecule has 0 saturated carbocycles. The zero-order chi connectivity index (χ0) is 22.2. The van der Waals surface area contributed by atoms with Gasteiger partial charge >= 0.3 is 6.18 Å². The molecule has 1 heterocycles. The standard InChI is InChI=1S/C21H32F3N3O3/c1-20(2,3)30-16-7-6-15(18(12-16)21(22,23)24)13-27-19(25-4)26-9-5-10-29-17-8-11-28-14-17/h6-7,12,17H,5,8-11,13-14H2,1-4H3,(H2,25,26,27). The molecule has 0 spiro atoms. The van der Waals surface area contributed by atoms with Gasteiger partial charge in [0.1, 0.15) is 11.4 Å². The van der Waals surface area contributed by atoms with Crippen LogP contribution < -0.4 is 15.4 Å². The molecule has 1 saturated heterocycles. The van der Waals surface area contributed by atoms with E-state index in [-0.39, 0.29) is 24.0 Å². The molecule has 1 aliphatic rings. The minimum Gasteiger partial charge on any atom is -0.488 e. The van der Waals surface area contributed by atoms with Crippen LogP contribution >= 0.6 is 0 Å². The van der Waals surface area contributed by atoms with Crippen molar-refractivity contribution in [2.24, 2.45) is 4.99 Å². The summed E-state index contributed by atoms with van der Waals surface area (Å²) < 4.78 is 57.1. The van der Waals surface area contributed by atoms with Crippen LogP contribution in [0.5, 0.6) is 5.75 Å². The number of alkyl halides is 3. The summed E-state index contributed by atoms with van der Waals surface area (Å²) in [5.41, 5.74) is -1.18. The van der Waals surface area contributed by atoms with Gasteiger partial charge in [-0.25, -0.2) is 0 Å². The predicted molar refractivity (Wildman–Crippen MR) is 110 cm³/mol. The number of aliphatic imine (C=N–C) groups is 1. The Labute approximate surface area is 176 Å². The lowest BCUT2D eigenvalue weighted by Crippen LogP contribution is -2.38. The molecule has 0 amide bonds. The Bertz CT molecular complexity index is 697. The van der Waals surface area contributed by atoms with Gasteiger partial charge in [0.25, 0.3) is 0 Å². The summed E-state index contributed by atoms with van der Waals surface area (Å²) in [4.78, 5) is 4.06. The smallest absolute Gasteiger partial charge is 0.416 e. The van der Waals surface area contributed by atoms with Crippen molar-refractivity contribution in [1.29, 1.82) is 0 Å². The zero-order valence-electron chi connectivity index (χ0n) is 18.1. The van der Waals surface area contributed by atoms with Gasteiger partial charge < -0.3 is 24.8 Å². The highest BCUT2D eigenvalue weighted by Gasteiger charge is 2.34. The van der Waals surface area contributed by atoms with E-state index in [2.05, 4.69) is 15.6 Å². The number of nitrogens with zero attached hydrogens (tertiary/aromatic N) is 1. The second-order valence-electron chi connectivity index (χ2n) is 8.09. The van der Waals surface area contributed by atoms with Crippen molar-refractivity contribution in [2.75, 3.05) is 33.4 Å². The Kier molecular flexibility index (Phi) is 8.78. The molecule has 1 fully saturated rings. The van der Waals surface area contributed by atoms with Gasteiger partial charge in [0.2, 0.25) is 0 Å². The van der Waals surface area contributed by atoms with E-state index >= 15 is 0 Å². The first kappa shape index (κ1) is 24.3. The van der Waals surface area contributed by atoms with Crippen LogP contribution in [0.3, 0.4) is 0 Å². The Morgan fingerprint density at radius 1 is 1.23 bits per heavy atom. The highest BCUT2D eigenvalue weighted by Crippen LogP contribution is 2.35. The summed E-state index contributed by atoms with van der Waals surface area (Å²) in [6.07, 6.45) is -2.65. The molecule has 2 N–H and O–H groups in total. The van der Waals surface area contributed by atoms with E-state index in [1.54, 1.807) is 33.9 Å². The van der Waals surface area contributed by atoms with E-state index in [0.717, 1.165) is 25.5 Å². The van der Waals surface area contributed by atoms with Gasteiger partial charge in [-0.2, -0.15) is 13.2 Å². The highest BCUT2D eigenvalue weighted by atomic mass is 19.4. The van der Waals surface area contributed by atoms with Crippen LogP contribution in [-0.4, -0.2) is 51.1 Å². The maximum atomic E-state index is 13.5. The van der Waals surface area contributed by atoms with Crippen LogP contribution in [0.4, 0.5) is 13.2 Å². The van der Waals surface area contributed by atoms with Gasteiger partial charge in [0, 0.05) is 33.4 Å². The molecule has 6 nitrogen and oxygen atoms in total. The van der Waals surface area contributed by atoms with Crippen molar-refractivity contribution < 1.29 is 27.4 Å². The first-order valence-electron chi connectivity index (χ1n) is 10.1. The van der Waals surface area contributed by atoms with Crippen molar-refractivity contribution in [1.82, 2.24) is 10.6 Å². The van der Waals surface area contributed by atoms with Crippen molar-refractivity contribution >= 4 is 5.96 Å². The van der Waals surface area contributed by atoms with E-state index in [9.17, 15) is 13.2 Å². The second kappa shape index (κ2) is 10.9. The second-order valence-corrected chi connectivity index (χ2v) is 8.09. The van der Waals surface area contributed by atoms with E-state index in [4.69, 9.17) is 14.2 Å². The monoisotopic (exact) mass is 431 g/mol. The Morgan fingerprint density at radius 3 is 2.60 bits per heavy atom. The molecule has 1 unspecified atom stereocenters. The first-order chi connectivity index (χ1) is 14.1. The summed E-state index contributed by atoms with van der Waals surface area (Å²) >= 11 is 0. The summed E-state index contributed by atoms with van der Waals surface area (Å²) in [6.45, 7) is 7.91. The molecule has 0 aliphatic carbocycles. The molecule has 170 valence electrons. The van der Waals surface area contributed by atoms with E-state index in [1.165, 1.54) is 6.07 Å². The highest BCUT2D eigenvalue weighted by molar-refractivity contribution is 5.79. The fourth-order valence-corrected chi connectivity index (χ4v) is 2.96. The average molecular weight is 431 g/mol. The molecular weight excluding hydrogens is 399 g/mol. The van der Waals surface area contributed by atoms with Crippen LogP contribution in [0.15, 0.2) is 23.2 Å². The average Bonchev–Trinajstić information content (AvgIpc) is 3.16. The molecule has 1 aromatic carbocycles. The minimum absolute atomic E-state index is 0.0137. The van der Waals surface area contributed by atoms with Crippen LogP contribution in [0.1, 0.15) is 44.7 Å². The number of nitrogens with one attached hydrogen (secondary N) is 2. The van der Waals surface area contributed by atoms with Crippen LogP contribution in [0, 0.1) is 0 Å². The quantitative estimate of drug-likeness (QED) is 0.373. The fraction of sp³-hybridized carbons (Fsp3) is 0.667. The lowest BCUT2D eigenvalue weighted by Gasteiger charge is -2.23. The van der Waals surface area contributed by atoms with Gasteiger partial charge in [-0.3, -0.25) is 4.99 Å². The Morgan fingerprint density at radius 2 is 2.00 bits per heavy atom. The molecule has 1 atom stereocenters. The van der Waals surface area contributed by atoms with Gasteiger partial charge in [0.05, 0.1) is 18.3 Å². The van der Waals surface area contributed by atoms with Crippen LogP contribution in [0.25, 0.3) is 0 Å². The van der Waals surface area contributed by atoms with E-state index in [1.807, 2.05) is 0 Å². The lowest BCUT2D eigenvalue weighted by atomic mass is 10.1. The topological polar surface area (TPSA) is 64.1 Å². The normalized spacial score (nSPS) is 17.8. The molecule has 1 aliphatic heterocycles. The maximum Gasteiger partial charge on any atom is 0.416 e. The van der Waals surface area contributed by atoms with Crippen molar-refractivity contribution in [3.05, 3.63) is 29.3 Å². The number of ether oxygens (including phenoxy) is 3. The number of hydrogen-bond donors (Lipinski definition) is 2. The Hall–Kier alpha value is -2.00. The largest absolute Gasteiger partial charge is 0.488 e. The summed E-state index contributed by atoms with van der Waals surface area (Å²) in [7, 11) is 1.58. The molecule has 0 bridgehead atoms. The minimum atomic E-state index is -4.48. The maximum absolute atomic E-state index is 13.5. The van der Waals surface area contributed by atoms with Gasteiger partial charge in [-0.15, -0.1) is 0 Å². The van der Waals surface area contributed by atoms with E-state index < -0.39 is 17.3 Å². The molecule has 0 radical (unpaired) electrons. The van der Waals surface area contributed by atoms with Crippen LogP contribution in [-0.2, 0) is 22.2 Å². The number of guanidine groups is 1. The predicted octanol–water partition coefficient (Wildman–Crippen LogP) is 3.74. The van der Waals surface area contributed by atoms with Crippen molar-refractivity contribution in [3.8, 4) is 5.75 Å². The molecule has 30 heavy (non-hydrogen) atoms. The first-order valence-corrected chi connectivity index (χ1v) is 10.1. The summed E-state index contributed by atoms with van der Waals surface area (Å²) in [5.74, 6) is 0.621. The fourth-order valence-electron chi connectivity index (χ4n) is 2.96. The van der Waals surface area contributed by atoms with Crippen molar-refractivity contribution in [2.45, 2.75) is 58.0 Å². The molecule has 2 rings (SSSR count). The lowest BCUT2D eigenvalue weighted by molar-refractivity contribution is -0.138. The SMILES string of the molecule is CN=C(NCCCOC1CCOC1)NCc1ccc(OC(C)(C)C)cc1C(F)(F)F. The van der Waals surface area contributed by atoms with Crippen LogP contribution in [0.2, 0.25) is 0 Å². The molecule has 9 heteroatoms. The summed E-state index contributed by atoms with van der Waals surface area (Å²) in [6, 6.07) is 4.03. The number of benzene rings is 1. The number of hydrogen-bond acceptors (Lipinski definition) is 4. The third kappa shape index (κ3) is 8.39. The third-order valence-corrected chi connectivity index (χ3v) is 4.34. The van der Waals surface area contributed by atoms with E-state index in [0.29, 0.717) is 25.7 Å².